The molecular formula is C10H9BrOS2. The number of aliphatic hydroxyl groups excluding tert-OH is 1. The summed E-state index contributed by atoms with van der Waals surface area (Å²) in [4.78, 5) is 1.22. The predicted octanol–water partition coefficient (Wildman–Crippen LogP) is 3.85. The first-order valence-corrected chi connectivity index (χ1v) is 6.75. The van der Waals surface area contributed by atoms with Crippen LogP contribution in [0, 0.1) is 0 Å². The molecule has 2 aromatic rings. The Balaban J connectivity index is 2.06. The van der Waals surface area contributed by atoms with Gasteiger partial charge in [0.1, 0.15) is 0 Å². The fourth-order valence-corrected chi connectivity index (χ4v) is 3.20. The van der Waals surface area contributed by atoms with E-state index in [1.54, 1.807) is 22.7 Å². The van der Waals surface area contributed by atoms with Crippen LogP contribution in [-0.2, 0) is 6.42 Å². The number of hydrogen-bond acceptors (Lipinski definition) is 3. The molecule has 0 amide bonds. The van der Waals surface area contributed by atoms with Crippen molar-refractivity contribution in [1.29, 1.82) is 0 Å². The van der Waals surface area contributed by atoms with Crippen molar-refractivity contribution in [2.45, 2.75) is 12.5 Å². The predicted molar refractivity (Wildman–Crippen MR) is 65.0 cm³/mol. The van der Waals surface area contributed by atoms with Crippen LogP contribution < -0.4 is 0 Å². The standard InChI is InChI=1S/C10H9BrOS2/c11-10-4-7(6-14-10)9(12)5-8-2-1-3-13-8/h1-4,6,9,12H,5H2. The lowest BCUT2D eigenvalue weighted by Crippen LogP contribution is -1.98. The van der Waals surface area contributed by atoms with Gasteiger partial charge in [0.15, 0.2) is 0 Å². The summed E-state index contributed by atoms with van der Waals surface area (Å²) in [5, 5.41) is 13.9. The summed E-state index contributed by atoms with van der Waals surface area (Å²) < 4.78 is 1.07. The lowest BCUT2D eigenvalue weighted by Gasteiger charge is -2.06. The van der Waals surface area contributed by atoms with Crippen molar-refractivity contribution in [3.8, 4) is 0 Å². The second-order valence-corrected chi connectivity index (χ2v) is 6.31. The Morgan fingerprint density at radius 2 is 2.29 bits per heavy atom. The van der Waals surface area contributed by atoms with Gasteiger partial charge in [0, 0.05) is 11.3 Å². The highest BCUT2D eigenvalue weighted by molar-refractivity contribution is 9.11. The third kappa shape index (κ3) is 2.45. The van der Waals surface area contributed by atoms with Crippen molar-refractivity contribution >= 4 is 38.6 Å². The van der Waals surface area contributed by atoms with Crippen molar-refractivity contribution < 1.29 is 5.11 Å². The van der Waals surface area contributed by atoms with Gasteiger partial charge in [-0.1, -0.05) is 6.07 Å². The van der Waals surface area contributed by atoms with E-state index in [9.17, 15) is 5.11 Å². The van der Waals surface area contributed by atoms with Crippen LogP contribution in [0.1, 0.15) is 16.5 Å². The Hall–Kier alpha value is -0.160. The average Bonchev–Trinajstić information content (AvgIpc) is 2.75. The molecule has 2 rings (SSSR count). The van der Waals surface area contributed by atoms with Gasteiger partial charge in [-0.3, -0.25) is 0 Å². The summed E-state index contributed by atoms with van der Waals surface area (Å²) in [7, 11) is 0. The van der Waals surface area contributed by atoms with Crippen molar-refractivity contribution in [3.63, 3.8) is 0 Å². The van der Waals surface area contributed by atoms with E-state index in [1.807, 2.05) is 22.9 Å². The summed E-state index contributed by atoms with van der Waals surface area (Å²) in [6, 6.07) is 6.04. The Bertz CT molecular complexity index is 394. The fourth-order valence-electron chi connectivity index (χ4n) is 1.24. The van der Waals surface area contributed by atoms with Crippen molar-refractivity contribution in [1.82, 2.24) is 0 Å². The summed E-state index contributed by atoms with van der Waals surface area (Å²) in [6.07, 6.45) is 0.331. The van der Waals surface area contributed by atoms with Crippen LogP contribution in [0.15, 0.2) is 32.7 Å². The van der Waals surface area contributed by atoms with Crippen LogP contribution in [0.5, 0.6) is 0 Å². The third-order valence-corrected chi connectivity index (χ3v) is 4.37. The summed E-state index contributed by atoms with van der Waals surface area (Å²) in [6.45, 7) is 0. The Morgan fingerprint density at radius 1 is 1.43 bits per heavy atom. The molecule has 0 bridgehead atoms. The van der Waals surface area contributed by atoms with Crippen molar-refractivity contribution in [3.05, 3.63) is 43.2 Å². The molecule has 2 heterocycles. The zero-order valence-electron chi connectivity index (χ0n) is 7.31. The molecule has 14 heavy (non-hydrogen) atoms. The normalized spacial score (nSPS) is 13.0. The minimum absolute atomic E-state index is 0.379. The van der Waals surface area contributed by atoms with Crippen LogP contribution in [-0.4, -0.2) is 5.11 Å². The SMILES string of the molecule is OC(Cc1cccs1)c1csc(Br)c1. The molecule has 0 aliphatic carbocycles. The van der Waals surface area contributed by atoms with E-state index in [1.165, 1.54) is 4.88 Å². The van der Waals surface area contributed by atoms with Gasteiger partial charge in [-0.05, 0) is 44.4 Å². The second-order valence-electron chi connectivity index (χ2n) is 2.98. The summed E-state index contributed by atoms with van der Waals surface area (Å²) in [5.74, 6) is 0. The molecule has 74 valence electrons. The molecule has 0 saturated heterocycles. The number of thiophene rings is 2. The minimum atomic E-state index is -0.379. The molecule has 0 aliphatic heterocycles. The highest BCUT2D eigenvalue weighted by atomic mass is 79.9. The van der Waals surface area contributed by atoms with E-state index in [2.05, 4.69) is 22.0 Å². The van der Waals surface area contributed by atoms with E-state index in [0.29, 0.717) is 6.42 Å². The quantitative estimate of drug-likeness (QED) is 0.910. The molecule has 0 spiro atoms. The number of halogens is 1. The first-order valence-electron chi connectivity index (χ1n) is 4.20. The van der Waals surface area contributed by atoms with Crippen LogP contribution in [0.2, 0.25) is 0 Å². The Kier molecular flexibility index (Phi) is 3.38. The molecule has 0 fully saturated rings. The lowest BCUT2D eigenvalue weighted by molar-refractivity contribution is 0.180. The third-order valence-electron chi connectivity index (χ3n) is 1.95. The second kappa shape index (κ2) is 4.57. The van der Waals surface area contributed by atoms with Crippen molar-refractivity contribution in [2.24, 2.45) is 0 Å². The summed E-state index contributed by atoms with van der Waals surface area (Å²) >= 11 is 6.68. The average molecular weight is 289 g/mol. The smallest absolute Gasteiger partial charge is 0.0846 e. The van der Waals surface area contributed by atoms with Gasteiger partial charge in [-0.15, -0.1) is 22.7 Å². The largest absolute Gasteiger partial charge is 0.388 e. The Labute approximate surface area is 99.2 Å². The highest BCUT2D eigenvalue weighted by Gasteiger charge is 2.10. The van der Waals surface area contributed by atoms with Crippen LogP contribution in [0.3, 0.4) is 0 Å². The zero-order chi connectivity index (χ0) is 9.97. The van der Waals surface area contributed by atoms with Gasteiger partial charge in [0.2, 0.25) is 0 Å². The van der Waals surface area contributed by atoms with Crippen molar-refractivity contribution in [2.75, 3.05) is 0 Å². The summed E-state index contributed by atoms with van der Waals surface area (Å²) in [5.41, 5.74) is 0.996. The maximum atomic E-state index is 9.90. The highest BCUT2D eigenvalue weighted by Crippen LogP contribution is 2.28. The first-order chi connectivity index (χ1) is 6.75. The van der Waals surface area contributed by atoms with Gasteiger partial charge in [0.25, 0.3) is 0 Å². The molecule has 4 heteroatoms. The Morgan fingerprint density at radius 3 is 2.86 bits per heavy atom. The molecule has 0 aliphatic rings. The van der Waals surface area contributed by atoms with E-state index in [4.69, 9.17) is 0 Å². The molecule has 2 aromatic heterocycles. The number of rotatable bonds is 3. The van der Waals surface area contributed by atoms with Gasteiger partial charge in [0.05, 0.1) is 9.89 Å². The molecule has 1 nitrogen and oxygen atoms in total. The van der Waals surface area contributed by atoms with Gasteiger partial charge in [-0.2, -0.15) is 0 Å². The molecule has 0 aromatic carbocycles. The first kappa shape index (κ1) is 10.4. The van der Waals surface area contributed by atoms with E-state index >= 15 is 0 Å². The number of hydrogen-bond donors (Lipinski definition) is 1. The van der Waals surface area contributed by atoms with Crippen LogP contribution >= 0.6 is 38.6 Å². The maximum Gasteiger partial charge on any atom is 0.0846 e. The zero-order valence-corrected chi connectivity index (χ0v) is 10.5. The van der Waals surface area contributed by atoms with Crippen LogP contribution in [0.4, 0.5) is 0 Å². The molecule has 1 atom stereocenters. The molecule has 1 N–H and O–H groups in total. The molecule has 0 saturated carbocycles. The van der Waals surface area contributed by atoms with E-state index < -0.39 is 0 Å². The van der Waals surface area contributed by atoms with Gasteiger partial charge >= 0.3 is 0 Å². The minimum Gasteiger partial charge on any atom is -0.388 e. The number of aliphatic hydroxyl groups is 1. The molecule has 1 unspecified atom stereocenters. The lowest BCUT2D eigenvalue weighted by atomic mass is 10.1. The van der Waals surface area contributed by atoms with E-state index in [0.717, 1.165) is 9.35 Å². The maximum absolute atomic E-state index is 9.90. The van der Waals surface area contributed by atoms with Crippen LogP contribution in [0.25, 0.3) is 0 Å². The van der Waals surface area contributed by atoms with E-state index in [-0.39, 0.29) is 6.10 Å². The molecular weight excluding hydrogens is 280 g/mol. The van der Waals surface area contributed by atoms with Gasteiger partial charge in [-0.25, -0.2) is 0 Å². The topological polar surface area (TPSA) is 20.2 Å². The fraction of sp³-hybridized carbons (Fsp3) is 0.200. The monoisotopic (exact) mass is 288 g/mol. The molecule has 0 radical (unpaired) electrons. The van der Waals surface area contributed by atoms with Gasteiger partial charge < -0.3 is 5.11 Å².